The van der Waals surface area contributed by atoms with Crippen LogP contribution in [0.15, 0.2) is 24.3 Å². The van der Waals surface area contributed by atoms with Crippen LogP contribution in [-0.4, -0.2) is 19.0 Å². The minimum atomic E-state index is -0.214. The van der Waals surface area contributed by atoms with Gasteiger partial charge in [-0.3, -0.25) is 4.79 Å². The fourth-order valence-corrected chi connectivity index (χ4v) is 1.14. The Balaban J connectivity index is 2.65. The van der Waals surface area contributed by atoms with Gasteiger partial charge in [0.2, 0.25) is 5.91 Å². The molecule has 0 saturated heterocycles. The summed E-state index contributed by atoms with van der Waals surface area (Å²) in [5.74, 6) is -0.0743. The Kier molecular flexibility index (Phi) is 3.92. The molecule has 76 valence electrons. The Bertz CT molecular complexity index is 328. The molecular weight excluding hydrogens is 200 g/mol. The number of nitrogens with one attached hydrogen (secondary N) is 2. The summed E-state index contributed by atoms with van der Waals surface area (Å²) in [4.78, 5) is 11.4. The number of anilines is 1. The van der Waals surface area contributed by atoms with E-state index in [0.29, 0.717) is 10.7 Å². The maximum Gasteiger partial charge on any atom is 0.241 e. The lowest BCUT2D eigenvalue weighted by Gasteiger charge is -2.10. The van der Waals surface area contributed by atoms with Gasteiger partial charge in [-0.15, -0.1) is 0 Å². The Labute approximate surface area is 88.5 Å². The topological polar surface area (TPSA) is 41.1 Å². The number of hydrogen-bond acceptors (Lipinski definition) is 2. The molecule has 0 aliphatic heterocycles. The molecule has 1 amide bonds. The van der Waals surface area contributed by atoms with Gasteiger partial charge in [-0.25, -0.2) is 0 Å². The SMILES string of the molecule is CN[C@@H](C)C(=O)Nc1cccc(Cl)c1. The average molecular weight is 213 g/mol. The van der Waals surface area contributed by atoms with Crippen molar-refractivity contribution in [3.05, 3.63) is 29.3 Å². The van der Waals surface area contributed by atoms with Crippen LogP contribution in [0.1, 0.15) is 6.92 Å². The van der Waals surface area contributed by atoms with Crippen LogP contribution in [0.4, 0.5) is 5.69 Å². The molecule has 1 aromatic rings. The first-order chi connectivity index (χ1) is 6.63. The van der Waals surface area contributed by atoms with E-state index in [1.807, 2.05) is 0 Å². The maximum atomic E-state index is 11.4. The zero-order valence-corrected chi connectivity index (χ0v) is 8.93. The fraction of sp³-hybridized carbons (Fsp3) is 0.300. The molecule has 1 rings (SSSR count). The highest BCUT2D eigenvalue weighted by atomic mass is 35.5. The van der Waals surface area contributed by atoms with Crippen LogP contribution in [0.3, 0.4) is 0 Å². The number of likely N-dealkylation sites (N-methyl/N-ethyl adjacent to an activating group) is 1. The number of benzene rings is 1. The molecular formula is C10H13ClN2O. The summed E-state index contributed by atoms with van der Waals surface area (Å²) in [5, 5.41) is 6.21. The summed E-state index contributed by atoms with van der Waals surface area (Å²) >= 11 is 5.77. The van der Waals surface area contributed by atoms with Gasteiger partial charge in [-0.05, 0) is 32.2 Å². The van der Waals surface area contributed by atoms with Gasteiger partial charge in [0, 0.05) is 10.7 Å². The maximum absolute atomic E-state index is 11.4. The predicted octanol–water partition coefficient (Wildman–Crippen LogP) is 1.89. The molecule has 0 heterocycles. The molecule has 0 radical (unpaired) electrons. The lowest BCUT2D eigenvalue weighted by Crippen LogP contribution is -2.35. The molecule has 3 nitrogen and oxygen atoms in total. The molecule has 14 heavy (non-hydrogen) atoms. The van der Waals surface area contributed by atoms with Crippen LogP contribution in [0.25, 0.3) is 0 Å². The van der Waals surface area contributed by atoms with Gasteiger partial charge in [0.15, 0.2) is 0 Å². The smallest absolute Gasteiger partial charge is 0.241 e. The number of carbonyl (C=O) groups excluding carboxylic acids is 1. The highest BCUT2D eigenvalue weighted by molar-refractivity contribution is 6.30. The Morgan fingerprint density at radius 3 is 2.79 bits per heavy atom. The zero-order valence-electron chi connectivity index (χ0n) is 8.17. The third kappa shape index (κ3) is 3.01. The molecule has 1 aromatic carbocycles. The van der Waals surface area contributed by atoms with E-state index >= 15 is 0 Å². The Hall–Kier alpha value is -1.06. The second-order valence-corrected chi connectivity index (χ2v) is 3.45. The molecule has 1 atom stereocenters. The first-order valence-electron chi connectivity index (χ1n) is 4.37. The van der Waals surface area contributed by atoms with Crippen molar-refractivity contribution in [2.24, 2.45) is 0 Å². The van der Waals surface area contributed by atoms with Crippen LogP contribution in [-0.2, 0) is 4.79 Å². The van der Waals surface area contributed by atoms with Gasteiger partial charge in [0.05, 0.1) is 6.04 Å². The van der Waals surface area contributed by atoms with Gasteiger partial charge >= 0.3 is 0 Å². The normalized spacial score (nSPS) is 12.2. The van der Waals surface area contributed by atoms with Crippen molar-refractivity contribution < 1.29 is 4.79 Å². The van der Waals surface area contributed by atoms with Gasteiger partial charge in [0.1, 0.15) is 0 Å². The molecule has 0 saturated carbocycles. The minimum Gasteiger partial charge on any atom is -0.325 e. The van der Waals surface area contributed by atoms with Gasteiger partial charge < -0.3 is 10.6 Å². The van der Waals surface area contributed by atoms with E-state index in [1.165, 1.54) is 0 Å². The third-order valence-electron chi connectivity index (χ3n) is 1.92. The average Bonchev–Trinajstić information content (AvgIpc) is 2.16. The molecule has 0 aliphatic carbocycles. The van der Waals surface area contributed by atoms with Crippen molar-refractivity contribution in [3.8, 4) is 0 Å². The third-order valence-corrected chi connectivity index (χ3v) is 2.15. The minimum absolute atomic E-state index is 0.0743. The quantitative estimate of drug-likeness (QED) is 0.804. The monoisotopic (exact) mass is 212 g/mol. The van der Waals surface area contributed by atoms with Crippen molar-refractivity contribution in [2.45, 2.75) is 13.0 Å². The van der Waals surface area contributed by atoms with Crippen LogP contribution >= 0.6 is 11.6 Å². The molecule has 0 fully saturated rings. The first kappa shape index (κ1) is 11.0. The summed E-state index contributed by atoms with van der Waals surface area (Å²) in [5.41, 5.74) is 0.713. The molecule has 0 bridgehead atoms. The van der Waals surface area contributed by atoms with E-state index in [9.17, 15) is 4.79 Å². The van der Waals surface area contributed by atoms with Crippen LogP contribution in [0, 0.1) is 0 Å². The second-order valence-electron chi connectivity index (χ2n) is 3.01. The van der Waals surface area contributed by atoms with Crippen LogP contribution < -0.4 is 10.6 Å². The van der Waals surface area contributed by atoms with Crippen molar-refractivity contribution >= 4 is 23.2 Å². The number of hydrogen-bond donors (Lipinski definition) is 2. The summed E-state index contributed by atoms with van der Waals surface area (Å²) in [7, 11) is 1.74. The largest absolute Gasteiger partial charge is 0.325 e. The highest BCUT2D eigenvalue weighted by Gasteiger charge is 2.09. The van der Waals surface area contributed by atoms with Crippen molar-refractivity contribution in [3.63, 3.8) is 0 Å². The Morgan fingerprint density at radius 1 is 1.50 bits per heavy atom. The van der Waals surface area contributed by atoms with E-state index in [4.69, 9.17) is 11.6 Å². The first-order valence-corrected chi connectivity index (χ1v) is 4.75. The standard InChI is InChI=1S/C10H13ClN2O/c1-7(12-2)10(14)13-9-5-3-4-8(11)6-9/h3-7,12H,1-2H3,(H,13,14)/t7-/m0/s1. The molecule has 4 heteroatoms. The van der Waals surface area contributed by atoms with E-state index in [-0.39, 0.29) is 11.9 Å². The fourth-order valence-electron chi connectivity index (χ4n) is 0.948. The lowest BCUT2D eigenvalue weighted by atomic mass is 10.3. The summed E-state index contributed by atoms with van der Waals surface area (Å²) in [6, 6.07) is 6.85. The second kappa shape index (κ2) is 4.98. The lowest BCUT2D eigenvalue weighted by molar-refractivity contribution is -0.117. The number of carbonyl (C=O) groups is 1. The van der Waals surface area contributed by atoms with Crippen LogP contribution in [0.2, 0.25) is 5.02 Å². The summed E-state index contributed by atoms with van der Waals surface area (Å²) in [6.07, 6.45) is 0. The summed E-state index contributed by atoms with van der Waals surface area (Å²) in [6.45, 7) is 1.79. The van der Waals surface area contributed by atoms with E-state index in [1.54, 1.807) is 38.2 Å². The number of rotatable bonds is 3. The van der Waals surface area contributed by atoms with E-state index in [0.717, 1.165) is 0 Å². The number of amides is 1. The van der Waals surface area contributed by atoms with Crippen molar-refractivity contribution in [1.29, 1.82) is 0 Å². The molecule has 0 spiro atoms. The molecule has 2 N–H and O–H groups in total. The Morgan fingerprint density at radius 2 is 2.21 bits per heavy atom. The molecule has 0 unspecified atom stereocenters. The number of halogens is 1. The van der Waals surface area contributed by atoms with Gasteiger partial charge in [-0.1, -0.05) is 17.7 Å². The zero-order chi connectivity index (χ0) is 10.6. The highest BCUT2D eigenvalue weighted by Crippen LogP contribution is 2.14. The molecule has 0 aromatic heterocycles. The van der Waals surface area contributed by atoms with E-state index < -0.39 is 0 Å². The van der Waals surface area contributed by atoms with Gasteiger partial charge in [0.25, 0.3) is 0 Å². The van der Waals surface area contributed by atoms with E-state index in [2.05, 4.69) is 10.6 Å². The summed E-state index contributed by atoms with van der Waals surface area (Å²) < 4.78 is 0. The van der Waals surface area contributed by atoms with Crippen LogP contribution in [0.5, 0.6) is 0 Å². The predicted molar refractivity (Wildman–Crippen MR) is 58.6 cm³/mol. The molecule has 0 aliphatic rings. The van der Waals surface area contributed by atoms with Gasteiger partial charge in [-0.2, -0.15) is 0 Å². The van der Waals surface area contributed by atoms with Crippen molar-refractivity contribution in [1.82, 2.24) is 5.32 Å². The van der Waals surface area contributed by atoms with Crippen molar-refractivity contribution in [2.75, 3.05) is 12.4 Å².